The van der Waals surface area contributed by atoms with Crippen molar-refractivity contribution in [3.63, 3.8) is 0 Å². The van der Waals surface area contributed by atoms with E-state index in [1.165, 1.54) is 5.57 Å². The van der Waals surface area contributed by atoms with Crippen molar-refractivity contribution in [2.45, 2.75) is 19.8 Å². The summed E-state index contributed by atoms with van der Waals surface area (Å²) in [6.45, 7) is 7.45. The van der Waals surface area contributed by atoms with Gasteiger partial charge in [-0.05, 0) is 55.5 Å². The zero-order valence-electron chi connectivity index (χ0n) is 13.3. The Morgan fingerprint density at radius 2 is 1.96 bits per heavy atom. The van der Waals surface area contributed by atoms with Gasteiger partial charge in [-0.25, -0.2) is 0 Å². The van der Waals surface area contributed by atoms with Crippen LogP contribution in [0.4, 0.5) is 5.69 Å². The molecule has 0 aromatic heterocycles. The van der Waals surface area contributed by atoms with Gasteiger partial charge in [-0.15, -0.1) is 0 Å². The van der Waals surface area contributed by atoms with E-state index in [0.717, 1.165) is 48.2 Å². The topological polar surface area (TPSA) is 24.8 Å². The maximum Gasteiger partial charge on any atom is 0.0915 e. The lowest BCUT2D eigenvalue weighted by Crippen LogP contribution is -2.21. The first-order valence-electron chi connectivity index (χ1n) is 7.94. The molecule has 0 N–H and O–H groups in total. The van der Waals surface area contributed by atoms with Gasteiger partial charge in [0.15, 0.2) is 0 Å². The van der Waals surface area contributed by atoms with Crippen molar-refractivity contribution < 1.29 is 4.74 Å². The fourth-order valence-electron chi connectivity index (χ4n) is 3.16. The smallest absolute Gasteiger partial charge is 0.0915 e. The minimum absolute atomic E-state index is 0.481. The van der Waals surface area contributed by atoms with Gasteiger partial charge in [0.25, 0.3) is 0 Å². The quantitative estimate of drug-likeness (QED) is 0.783. The molecule has 0 radical (unpaired) electrons. The molecular weight excluding hydrogens is 308 g/mol. The number of halogens is 1. The first-order chi connectivity index (χ1) is 11.2. The average molecular weight is 329 g/mol. The molecule has 120 valence electrons. The van der Waals surface area contributed by atoms with E-state index in [9.17, 15) is 0 Å². The minimum atomic E-state index is 0.481. The predicted molar refractivity (Wildman–Crippen MR) is 96.9 cm³/mol. The molecule has 4 heteroatoms. The van der Waals surface area contributed by atoms with Crippen LogP contribution in [0.15, 0.2) is 65.6 Å². The second-order valence-electron chi connectivity index (χ2n) is 5.65. The van der Waals surface area contributed by atoms with Crippen LogP contribution in [-0.2, 0) is 4.74 Å². The zero-order chi connectivity index (χ0) is 16.2. The number of aliphatic imine (C=N–C) groups is 1. The monoisotopic (exact) mass is 328 g/mol. The van der Waals surface area contributed by atoms with E-state index in [2.05, 4.69) is 28.7 Å². The summed E-state index contributed by atoms with van der Waals surface area (Å²) in [6.07, 6.45) is 7.99. The Balaban J connectivity index is 2.01. The van der Waals surface area contributed by atoms with E-state index < -0.39 is 0 Å². The number of rotatable bonds is 3. The van der Waals surface area contributed by atoms with Crippen molar-refractivity contribution in [3.8, 4) is 0 Å². The number of hydrogen-bond acceptors (Lipinski definition) is 3. The van der Waals surface area contributed by atoms with Gasteiger partial charge in [-0.2, -0.15) is 0 Å². The predicted octanol–water partition coefficient (Wildman–Crippen LogP) is 4.96. The van der Waals surface area contributed by atoms with Crippen LogP contribution >= 0.6 is 11.6 Å². The fraction of sp³-hybridized carbons (Fsp3) is 0.316. The molecule has 1 aromatic rings. The normalized spacial score (nSPS) is 22.7. The highest BCUT2D eigenvalue weighted by molar-refractivity contribution is 6.30. The Hall–Kier alpha value is -1.84. The maximum absolute atomic E-state index is 6.02. The van der Waals surface area contributed by atoms with Crippen molar-refractivity contribution in [3.05, 3.63) is 65.6 Å². The third-order valence-corrected chi connectivity index (χ3v) is 4.56. The zero-order valence-corrected chi connectivity index (χ0v) is 14.1. The summed E-state index contributed by atoms with van der Waals surface area (Å²) in [7, 11) is 0. The van der Waals surface area contributed by atoms with Gasteiger partial charge in [0, 0.05) is 36.3 Å². The number of ether oxygens (including phenoxy) is 1. The lowest BCUT2D eigenvalue weighted by atomic mass is 9.89. The van der Waals surface area contributed by atoms with Gasteiger partial charge < -0.3 is 9.64 Å². The second-order valence-corrected chi connectivity index (χ2v) is 6.09. The Morgan fingerprint density at radius 3 is 2.57 bits per heavy atom. The van der Waals surface area contributed by atoms with Gasteiger partial charge in [0.2, 0.25) is 0 Å². The average Bonchev–Trinajstić information content (AvgIpc) is 2.95. The minimum Gasteiger partial charge on any atom is -0.381 e. The molecule has 3 nitrogen and oxygen atoms in total. The van der Waals surface area contributed by atoms with Crippen LogP contribution in [0.3, 0.4) is 0 Å². The maximum atomic E-state index is 6.02. The van der Waals surface area contributed by atoms with E-state index in [0.29, 0.717) is 5.92 Å². The van der Waals surface area contributed by atoms with Crippen LogP contribution in [0.1, 0.15) is 19.8 Å². The first-order valence-corrected chi connectivity index (χ1v) is 8.32. The summed E-state index contributed by atoms with van der Waals surface area (Å²) in [5.74, 6) is 0.481. The second kappa shape index (κ2) is 7.16. The SMILES string of the molecule is C=C/N=C1/C(C2CCOCC2)=CN(c2ccc(Cl)cc2)/C1=C/C. The Labute approximate surface area is 142 Å². The molecule has 2 heterocycles. The van der Waals surface area contributed by atoms with Crippen molar-refractivity contribution in [2.24, 2.45) is 10.9 Å². The molecule has 0 atom stereocenters. The summed E-state index contributed by atoms with van der Waals surface area (Å²) in [5.41, 5.74) is 4.47. The van der Waals surface area contributed by atoms with E-state index in [1.807, 2.05) is 31.2 Å². The summed E-state index contributed by atoms with van der Waals surface area (Å²) in [6, 6.07) is 7.88. The van der Waals surface area contributed by atoms with Crippen LogP contribution < -0.4 is 4.90 Å². The van der Waals surface area contributed by atoms with Crippen molar-refractivity contribution in [1.82, 2.24) is 0 Å². The number of allylic oxidation sites excluding steroid dienone is 2. The summed E-state index contributed by atoms with van der Waals surface area (Å²) in [5, 5.41) is 0.739. The molecule has 2 aliphatic rings. The molecular formula is C19H21ClN2O. The lowest BCUT2D eigenvalue weighted by molar-refractivity contribution is 0.0771. The molecule has 2 aliphatic heterocycles. The van der Waals surface area contributed by atoms with Crippen LogP contribution in [0.25, 0.3) is 0 Å². The molecule has 1 saturated heterocycles. The summed E-state index contributed by atoms with van der Waals surface area (Å²) in [4.78, 5) is 6.75. The molecule has 23 heavy (non-hydrogen) atoms. The van der Waals surface area contributed by atoms with Crippen molar-refractivity contribution in [1.29, 1.82) is 0 Å². The highest BCUT2D eigenvalue weighted by atomic mass is 35.5. The number of nitrogens with zero attached hydrogens (tertiary/aromatic N) is 2. The Kier molecular flexibility index (Phi) is 4.99. The number of hydrogen-bond donors (Lipinski definition) is 0. The van der Waals surface area contributed by atoms with E-state index in [1.54, 1.807) is 6.20 Å². The largest absolute Gasteiger partial charge is 0.381 e. The molecule has 0 aliphatic carbocycles. The Morgan fingerprint density at radius 1 is 1.26 bits per heavy atom. The number of benzene rings is 1. The third kappa shape index (κ3) is 3.26. The van der Waals surface area contributed by atoms with Gasteiger partial charge in [-0.3, -0.25) is 4.99 Å². The van der Waals surface area contributed by atoms with Crippen LogP contribution in [0.2, 0.25) is 5.02 Å². The summed E-state index contributed by atoms with van der Waals surface area (Å²) >= 11 is 6.02. The molecule has 0 spiro atoms. The van der Waals surface area contributed by atoms with E-state index in [4.69, 9.17) is 16.3 Å². The standard InChI is InChI=1S/C19H21ClN2O/c1-3-18-19(21-4-2)17(14-9-11-23-12-10-14)13-22(18)16-7-5-15(20)6-8-16/h3-8,13-14H,2,9-12H2,1H3/b18-3+,21-19-. The van der Waals surface area contributed by atoms with Crippen LogP contribution in [0, 0.1) is 5.92 Å². The molecule has 1 fully saturated rings. The number of anilines is 1. The lowest BCUT2D eigenvalue weighted by Gasteiger charge is -2.23. The summed E-state index contributed by atoms with van der Waals surface area (Å²) < 4.78 is 5.50. The fourth-order valence-corrected chi connectivity index (χ4v) is 3.29. The van der Waals surface area contributed by atoms with E-state index in [-0.39, 0.29) is 0 Å². The third-order valence-electron chi connectivity index (χ3n) is 4.30. The van der Waals surface area contributed by atoms with E-state index >= 15 is 0 Å². The van der Waals surface area contributed by atoms with Crippen LogP contribution in [-0.4, -0.2) is 18.9 Å². The van der Waals surface area contributed by atoms with Gasteiger partial charge in [0.1, 0.15) is 0 Å². The molecule has 0 unspecified atom stereocenters. The molecule has 0 amide bonds. The molecule has 3 rings (SSSR count). The van der Waals surface area contributed by atoms with Gasteiger partial charge in [0.05, 0.1) is 11.4 Å². The highest BCUT2D eigenvalue weighted by Crippen LogP contribution is 2.36. The molecule has 1 aromatic carbocycles. The van der Waals surface area contributed by atoms with Gasteiger partial charge >= 0.3 is 0 Å². The molecule has 0 bridgehead atoms. The highest BCUT2D eigenvalue weighted by Gasteiger charge is 2.31. The van der Waals surface area contributed by atoms with Crippen molar-refractivity contribution in [2.75, 3.05) is 18.1 Å². The van der Waals surface area contributed by atoms with Crippen molar-refractivity contribution >= 4 is 23.0 Å². The van der Waals surface area contributed by atoms with Crippen LogP contribution in [0.5, 0.6) is 0 Å². The Bertz CT molecular complexity index is 667. The first kappa shape index (κ1) is 16.0. The molecule has 0 saturated carbocycles. The van der Waals surface area contributed by atoms with Gasteiger partial charge in [-0.1, -0.05) is 24.3 Å².